The van der Waals surface area contributed by atoms with Crippen molar-refractivity contribution >= 4 is 29.3 Å². The Balaban J connectivity index is 1.57. The number of rotatable bonds is 7. The summed E-state index contributed by atoms with van der Waals surface area (Å²) < 4.78 is 7.17. The Morgan fingerprint density at radius 1 is 1.22 bits per heavy atom. The molecule has 0 fully saturated rings. The molecule has 0 unspecified atom stereocenters. The van der Waals surface area contributed by atoms with Crippen LogP contribution in [0.5, 0.6) is 5.75 Å². The number of aromatic nitrogens is 2. The number of nitrogens with zero attached hydrogens (tertiary/aromatic N) is 2. The first-order valence-corrected chi connectivity index (χ1v) is 9.74. The van der Waals surface area contributed by atoms with Crippen LogP contribution in [0.25, 0.3) is 11.3 Å². The summed E-state index contributed by atoms with van der Waals surface area (Å²) in [4.78, 5) is 16.6. The van der Waals surface area contributed by atoms with E-state index in [1.54, 1.807) is 7.11 Å². The van der Waals surface area contributed by atoms with Gasteiger partial charge in [-0.1, -0.05) is 41.6 Å². The van der Waals surface area contributed by atoms with Gasteiger partial charge < -0.3 is 14.6 Å². The highest BCUT2D eigenvalue weighted by Crippen LogP contribution is 2.26. The Bertz CT molecular complexity index is 925. The second-order valence-electron chi connectivity index (χ2n) is 5.87. The second-order valence-corrected chi connectivity index (χ2v) is 7.22. The first kappa shape index (κ1) is 19.3. The third-order valence-electron chi connectivity index (χ3n) is 4.10. The molecule has 0 saturated heterocycles. The number of hydrogen-bond donors (Lipinski definition) is 1. The van der Waals surface area contributed by atoms with Gasteiger partial charge in [0.15, 0.2) is 5.16 Å². The molecule has 1 aromatic heterocycles. The molecule has 0 radical (unpaired) electrons. The van der Waals surface area contributed by atoms with Crippen molar-refractivity contribution in [3.8, 4) is 17.0 Å². The molecule has 7 heteroatoms. The molecule has 140 valence electrons. The summed E-state index contributed by atoms with van der Waals surface area (Å²) in [5, 5.41) is 4.32. The van der Waals surface area contributed by atoms with Gasteiger partial charge in [-0.25, -0.2) is 4.98 Å². The van der Waals surface area contributed by atoms with Gasteiger partial charge in [-0.15, -0.1) is 0 Å². The number of methoxy groups -OCH3 is 1. The number of hydrogen-bond acceptors (Lipinski definition) is 4. The van der Waals surface area contributed by atoms with Gasteiger partial charge in [0.05, 0.1) is 24.8 Å². The number of thioether (sulfide) groups is 1. The van der Waals surface area contributed by atoms with E-state index in [0.29, 0.717) is 11.6 Å². The molecule has 0 saturated carbocycles. The standard InChI is InChI=1S/C20H20ClN3O2S/c1-24-18(14-7-9-16(26-2)10-8-14)12-23-20(24)27-13-19(25)22-11-15-5-3-4-6-17(15)21/h3-10,12H,11,13H2,1-2H3,(H,22,25). The van der Waals surface area contributed by atoms with Crippen LogP contribution in [0, 0.1) is 0 Å². The SMILES string of the molecule is COc1ccc(-c2cnc(SCC(=O)NCc3ccccc3Cl)n2C)cc1. The number of carbonyl (C=O) groups is 1. The molecule has 0 aliphatic carbocycles. The first-order valence-electron chi connectivity index (χ1n) is 8.37. The van der Waals surface area contributed by atoms with E-state index in [1.165, 1.54) is 11.8 Å². The van der Waals surface area contributed by atoms with Gasteiger partial charge in [0.1, 0.15) is 5.75 Å². The quantitative estimate of drug-likeness (QED) is 0.604. The van der Waals surface area contributed by atoms with Crippen molar-refractivity contribution in [2.24, 2.45) is 7.05 Å². The number of imidazole rings is 1. The smallest absolute Gasteiger partial charge is 0.230 e. The molecule has 0 aliphatic rings. The molecule has 0 atom stereocenters. The van der Waals surface area contributed by atoms with Crippen LogP contribution in [0.3, 0.4) is 0 Å². The number of halogens is 1. The largest absolute Gasteiger partial charge is 0.497 e. The van der Waals surface area contributed by atoms with E-state index in [9.17, 15) is 4.79 Å². The molecule has 2 aromatic carbocycles. The Labute approximate surface area is 167 Å². The van der Waals surface area contributed by atoms with Crippen LogP contribution in [0.2, 0.25) is 5.02 Å². The van der Waals surface area contributed by atoms with E-state index in [0.717, 1.165) is 27.7 Å². The summed E-state index contributed by atoms with van der Waals surface area (Å²) in [7, 11) is 3.58. The molecule has 5 nitrogen and oxygen atoms in total. The Kier molecular flexibility index (Phi) is 6.42. The minimum Gasteiger partial charge on any atom is -0.497 e. The van der Waals surface area contributed by atoms with Gasteiger partial charge in [-0.3, -0.25) is 4.79 Å². The molecule has 1 N–H and O–H groups in total. The zero-order chi connectivity index (χ0) is 19.2. The van der Waals surface area contributed by atoms with E-state index in [1.807, 2.05) is 66.3 Å². The predicted molar refractivity (Wildman–Crippen MR) is 109 cm³/mol. The van der Waals surface area contributed by atoms with Crippen LogP contribution < -0.4 is 10.1 Å². The lowest BCUT2D eigenvalue weighted by Crippen LogP contribution is -2.24. The van der Waals surface area contributed by atoms with Crippen LogP contribution in [0.15, 0.2) is 59.9 Å². The summed E-state index contributed by atoms with van der Waals surface area (Å²) in [6, 6.07) is 15.3. The van der Waals surface area contributed by atoms with Crippen LogP contribution in [-0.4, -0.2) is 28.3 Å². The van der Waals surface area contributed by atoms with Gasteiger partial charge in [0, 0.05) is 24.2 Å². The van der Waals surface area contributed by atoms with E-state index < -0.39 is 0 Å². The normalized spacial score (nSPS) is 10.6. The fourth-order valence-corrected chi connectivity index (χ4v) is 3.56. The van der Waals surface area contributed by atoms with Crippen LogP contribution >= 0.6 is 23.4 Å². The van der Waals surface area contributed by atoms with Gasteiger partial charge in [0.25, 0.3) is 0 Å². The van der Waals surface area contributed by atoms with E-state index in [2.05, 4.69) is 10.3 Å². The number of benzene rings is 2. The average molecular weight is 402 g/mol. The van der Waals surface area contributed by atoms with E-state index in [-0.39, 0.29) is 11.7 Å². The summed E-state index contributed by atoms with van der Waals surface area (Å²) in [5.74, 6) is 1.04. The zero-order valence-corrected chi connectivity index (χ0v) is 16.7. The molecule has 1 amide bonds. The van der Waals surface area contributed by atoms with Gasteiger partial charge in [0.2, 0.25) is 5.91 Å². The van der Waals surface area contributed by atoms with E-state index >= 15 is 0 Å². The Morgan fingerprint density at radius 2 is 1.96 bits per heavy atom. The van der Waals surface area contributed by atoms with Gasteiger partial charge >= 0.3 is 0 Å². The summed E-state index contributed by atoms with van der Waals surface area (Å²) >= 11 is 7.50. The average Bonchev–Trinajstić information content (AvgIpc) is 3.06. The minimum absolute atomic E-state index is 0.0612. The fraction of sp³-hybridized carbons (Fsp3) is 0.200. The molecule has 3 aromatic rings. The molecule has 0 bridgehead atoms. The second kappa shape index (κ2) is 8.97. The maximum atomic E-state index is 12.1. The third kappa shape index (κ3) is 4.84. The zero-order valence-electron chi connectivity index (χ0n) is 15.1. The summed E-state index contributed by atoms with van der Waals surface area (Å²) in [6.45, 7) is 0.413. The molecule has 1 heterocycles. The molecule has 3 rings (SSSR count). The molecular weight excluding hydrogens is 382 g/mol. The monoisotopic (exact) mass is 401 g/mol. The summed E-state index contributed by atoms with van der Waals surface area (Å²) in [5.41, 5.74) is 2.92. The maximum absolute atomic E-state index is 12.1. The number of amides is 1. The number of nitrogens with one attached hydrogen (secondary N) is 1. The lowest BCUT2D eigenvalue weighted by molar-refractivity contribution is -0.118. The van der Waals surface area contributed by atoms with Crippen molar-refractivity contribution in [1.29, 1.82) is 0 Å². The maximum Gasteiger partial charge on any atom is 0.230 e. The van der Waals surface area contributed by atoms with Crippen molar-refractivity contribution < 1.29 is 9.53 Å². The van der Waals surface area contributed by atoms with Crippen molar-refractivity contribution in [2.75, 3.05) is 12.9 Å². The topological polar surface area (TPSA) is 56.1 Å². The van der Waals surface area contributed by atoms with Crippen molar-refractivity contribution in [1.82, 2.24) is 14.9 Å². The van der Waals surface area contributed by atoms with E-state index in [4.69, 9.17) is 16.3 Å². The molecular formula is C20H20ClN3O2S. The minimum atomic E-state index is -0.0612. The third-order valence-corrected chi connectivity index (χ3v) is 5.51. The highest BCUT2D eigenvalue weighted by atomic mass is 35.5. The van der Waals surface area contributed by atoms with Crippen molar-refractivity contribution in [2.45, 2.75) is 11.7 Å². The Hall–Kier alpha value is -2.44. The first-order chi connectivity index (χ1) is 13.1. The number of ether oxygens (including phenoxy) is 1. The van der Waals surface area contributed by atoms with Gasteiger partial charge in [-0.05, 0) is 35.9 Å². The molecule has 0 aliphatic heterocycles. The number of carbonyl (C=O) groups excluding carboxylic acids is 1. The fourth-order valence-electron chi connectivity index (χ4n) is 2.57. The van der Waals surface area contributed by atoms with Crippen LogP contribution in [0.1, 0.15) is 5.56 Å². The Morgan fingerprint density at radius 3 is 2.67 bits per heavy atom. The van der Waals surface area contributed by atoms with Crippen LogP contribution in [-0.2, 0) is 18.4 Å². The highest BCUT2D eigenvalue weighted by molar-refractivity contribution is 7.99. The lowest BCUT2D eigenvalue weighted by atomic mass is 10.1. The van der Waals surface area contributed by atoms with Crippen molar-refractivity contribution in [3.05, 3.63) is 65.3 Å². The van der Waals surface area contributed by atoms with Gasteiger partial charge in [-0.2, -0.15) is 0 Å². The van der Waals surface area contributed by atoms with Crippen molar-refractivity contribution in [3.63, 3.8) is 0 Å². The lowest BCUT2D eigenvalue weighted by Gasteiger charge is -2.08. The summed E-state index contributed by atoms with van der Waals surface area (Å²) in [6.07, 6.45) is 1.81. The molecule has 27 heavy (non-hydrogen) atoms. The predicted octanol–water partition coefficient (Wildman–Crippen LogP) is 4.16. The van der Waals surface area contributed by atoms with Crippen LogP contribution in [0.4, 0.5) is 0 Å². The molecule has 0 spiro atoms. The highest BCUT2D eigenvalue weighted by Gasteiger charge is 2.11.